The van der Waals surface area contributed by atoms with Crippen molar-refractivity contribution < 1.29 is 23.9 Å². The quantitative estimate of drug-likeness (QED) is 0.452. The summed E-state index contributed by atoms with van der Waals surface area (Å²) in [5, 5.41) is 11.4. The zero-order valence-corrected chi connectivity index (χ0v) is 12.8. The first-order valence-corrected chi connectivity index (χ1v) is 7.23. The molecular formula is C14H16ClNO6. The number of halogens is 1. The second-order valence-electron chi connectivity index (χ2n) is 4.69. The Morgan fingerprint density at radius 1 is 1.41 bits per heavy atom. The molecule has 1 aliphatic heterocycles. The van der Waals surface area contributed by atoms with Crippen LogP contribution in [0.2, 0.25) is 5.02 Å². The molecule has 0 aliphatic carbocycles. The summed E-state index contributed by atoms with van der Waals surface area (Å²) in [7, 11) is 0. The van der Waals surface area contributed by atoms with Crippen molar-refractivity contribution in [3.8, 4) is 0 Å². The number of esters is 1. The standard InChI is InChI=1S/C14H16ClNO6/c1-2-20-13(17)6-10-5-9(7-14-21-3-4-22-14)11(15)8-12(10)16(18)19/h5,8,14H,2-4,6-7H2,1H3. The van der Waals surface area contributed by atoms with Crippen LogP contribution in [0, 0.1) is 10.1 Å². The number of nitro benzene ring substituents is 1. The number of carbonyl (C=O) groups is 1. The van der Waals surface area contributed by atoms with E-state index in [1.807, 2.05) is 0 Å². The molecule has 1 fully saturated rings. The lowest BCUT2D eigenvalue weighted by atomic mass is 10.0. The molecule has 1 aromatic carbocycles. The molecule has 0 radical (unpaired) electrons. The van der Waals surface area contributed by atoms with Crippen molar-refractivity contribution in [3.05, 3.63) is 38.4 Å². The summed E-state index contributed by atoms with van der Waals surface area (Å²) in [5.41, 5.74) is 0.703. The molecule has 2 rings (SSSR count). The van der Waals surface area contributed by atoms with Crippen LogP contribution in [-0.4, -0.2) is 37.0 Å². The van der Waals surface area contributed by atoms with Crippen molar-refractivity contribution in [1.29, 1.82) is 0 Å². The van der Waals surface area contributed by atoms with E-state index >= 15 is 0 Å². The van der Waals surface area contributed by atoms with Crippen molar-refractivity contribution in [1.82, 2.24) is 0 Å². The number of hydrogen-bond acceptors (Lipinski definition) is 6. The highest BCUT2D eigenvalue weighted by Gasteiger charge is 2.23. The van der Waals surface area contributed by atoms with Crippen LogP contribution < -0.4 is 0 Å². The van der Waals surface area contributed by atoms with Gasteiger partial charge in [0.1, 0.15) is 0 Å². The van der Waals surface area contributed by atoms with Gasteiger partial charge >= 0.3 is 5.97 Å². The topological polar surface area (TPSA) is 87.9 Å². The first-order chi connectivity index (χ1) is 10.5. The Labute approximate surface area is 132 Å². The monoisotopic (exact) mass is 329 g/mol. The van der Waals surface area contributed by atoms with Gasteiger partial charge < -0.3 is 14.2 Å². The average molecular weight is 330 g/mol. The summed E-state index contributed by atoms with van der Waals surface area (Å²) in [6.07, 6.45) is -0.234. The third-order valence-corrected chi connectivity index (χ3v) is 3.51. The van der Waals surface area contributed by atoms with Crippen molar-refractivity contribution in [2.24, 2.45) is 0 Å². The molecule has 0 bridgehead atoms. The van der Waals surface area contributed by atoms with E-state index in [2.05, 4.69) is 0 Å². The van der Waals surface area contributed by atoms with Crippen LogP contribution in [0.25, 0.3) is 0 Å². The van der Waals surface area contributed by atoms with Gasteiger partial charge in [-0.1, -0.05) is 11.6 Å². The smallest absolute Gasteiger partial charge is 0.310 e. The van der Waals surface area contributed by atoms with E-state index in [9.17, 15) is 14.9 Å². The van der Waals surface area contributed by atoms with Gasteiger partial charge in [0.15, 0.2) is 6.29 Å². The molecule has 0 atom stereocenters. The number of benzene rings is 1. The minimum absolute atomic E-state index is 0.180. The Balaban J connectivity index is 2.26. The lowest BCUT2D eigenvalue weighted by Gasteiger charge is -2.12. The molecule has 1 saturated heterocycles. The maximum absolute atomic E-state index is 11.6. The molecular weight excluding hydrogens is 314 g/mol. The van der Waals surface area contributed by atoms with Gasteiger partial charge in [0, 0.05) is 18.1 Å². The first kappa shape index (κ1) is 16.7. The van der Waals surface area contributed by atoms with Gasteiger partial charge in [-0.25, -0.2) is 0 Å². The summed E-state index contributed by atoms with van der Waals surface area (Å²) in [6, 6.07) is 2.79. The number of nitrogens with zero attached hydrogens (tertiary/aromatic N) is 1. The van der Waals surface area contributed by atoms with E-state index in [1.165, 1.54) is 6.07 Å². The number of carbonyl (C=O) groups excluding carboxylic acids is 1. The largest absolute Gasteiger partial charge is 0.466 e. The number of nitro groups is 1. The second-order valence-corrected chi connectivity index (χ2v) is 5.09. The SMILES string of the molecule is CCOC(=O)Cc1cc(CC2OCCO2)c(Cl)cc1[N+](=O)[O-]. The maximum Gasteiger partial charge on any atom is 0.310 e. The second kappa shape index (κ2) is 7.53. The van der Waals surface area contributed by atoms with Crippen LogP contribution in [0.4, 0.5) is 5.69 Å². The van der Waals surface area contributed by atoms with Gasteiger partial charge in [0.2, 0.25) is 0 Å². The van der Waals surface area contributed by atoms with Crippen molar-refractivity contribution in [2.75, 3.05) is 19.8 Å². The maximum atomic E-state index is 11.6. The van der Waals surface area contributed by atoms with Crippen LogP contribution in [0.3, 0.4) is 0 Å². The molecule has 8 heteroatoms. The highest BCUT2D eigenvalue weighted by atomic mass is 35.5. The third-order valence-electron chi connectivity index (χ3n) is 3.16. The predicted molar refractivity (Wildman–Crippen MR) is 77.8 cm³/mol. The van der Waals surface area contributed by atoms with Crippen LogP contribution in [0.15, 0.2) is 12.1 Å². The molecule has 1 aliphatic rings. The van der Waals surface area contributed by atoms with Crippen LogP contribution >= 0.6 is 11.6 Å². The lowest BCUT2D eigenvalue weighted by molar-refractivity contribution is -0.385. The normalized spacial score (nSPS) is 15.0. The number of rotatable bonds is 6. The Hall–Kier alpha value is -1.70. The molecule has 1 heterocycles. The van der Waals surface area contributed by atoms with Crippen molar-refractivity contribution >= 4 is 23.3 Å². The summed E-state index contributed by atoms with van der Waals surface area (Å²) in [6.45, 7) is 2.90. The predicted octanol–water partition coefficient (Wildman–Crippen LogP) is 2.27. The van der Waals surface area contributed by atoms with E-state index in [-0.39, 0.29) is 29.3 Å². The number of ether oxygens (including phenoxy) is 3. The van der Waals surface area contributed by atoms with Gasteiger partial charge in [0.25, 0.3) is 5.69 Å². The van der Waals surface area contributed by atoms with E-state index in [0.29, 0.717) is 25.2 Å². The zero-order valence-electron chi connectivity index (χ0n) is 12.0. The fourth-order valence-electron chi connectivity index (χ4n) is 2.20. The summed E-state index contributed by atoms with van der Waals surface area (Å²) in [5.74, 6) is -0.521. The molecule has 120 valence electrons. The molecule has 0 amide bonds. The summed E-state index contributed by atoms with van der Waals surface area (Å²) in [4.78, 5) is 22.2. The van der Waals surface area contributed by atoms with Gasteiger partial charge in [-0.3, -0.25) is 14.9 Å². The van der Waals surface area contributed by atoms with Gasteiger partial charge in [-0.05, 0) is 18.6 Å². The zero-order chi connectivity index (χ0) is 16.1. The van der Waals surface area contributed by atoms with Gasteiger partial charge in [-0.15, -0.1) is 0 Å². The minimum atomic E-state index is -0.563. The van der Waals surface area contributed by atoms with Crippen molar-refractivity contribution in [2.45, 2.75) is 26.1 Å². The third kappa shape index (κ3) is 4.16. The molecule has 0 saturated carbocycles. The number of hydrogen-bond donors (Lipinski definition) is 0. The van der Waals surface area contributed by atoms with Gasteiger partial charge in [-0.2, -0.15) is 0 Å². The van der Waals surface area contributed by atoms with Crippen LogP contribution in [-0.2, 0) is 31.8 Å². The molecule has 0 aromatic heterocycles. The molecule has 0 N–H and O–H groups in total. The highest BCUT2D eigenvalue weighted by Crippen LogP contribution is 2.29. The van der Waals surface area contributed by atoms with Gasteiger partial charge in [0.05, 0.1) is 36.2 Å². The minimum Gasteiger partial charge on any atom is -0.466 e. The molecule has 1 aromatic rings. The molecule has 7 nitrogen and oxygen atoms in total. The Morgan fingerprint density at radius 3 is 2.68 bits per heavy atom. The Morgan fingerprint density at radius 2 is 2.09 bits per heavy atom. The fourth-order valence-corrected chi connectivity index (χ4v) is 2.43. The molecule has 0 spiro atoms. The highest BCUT2D eigenvalue weighted by molar-refractivity contribution is 6.31. The Kier molecular flexibility index (Phi) is 5.70. The summed E-state index contributed by atoms with van der Waals surface area (Å²) >= 11 is 6.09. The first-order valence-electron chi connectivity index (χ1n) is 6.85. The van der Waals surface area contributed by atoms with Crippen LogP contribution in [0.1, 0.15) is 18.1 Å². The Bertz CT molecular complexity index is 571. The lowest BCUT2D eigenvalue weighted by Crippen LogP contribution is -2.13. The van der Waals surface area contributed by atoms with E-state index < -0.39 is 17.2 Å². The van der Waals surface area contributed by atoms with Crippen LogP contribution in [0.5, 0.6) is 0 Å². The van der Waals surface area contributed by atoms with E-state index in [0.717, 1.165) is 0 Å². The van der Waals surface area contributed by atoms with E-state index in [1.54, 1.807) is 13.0 Å². The fraction of sp³-hybridized carbons (Fsp3) is 0.500. The van der Waals surface area contributed by atoms with Crippen molar-refractivity contribution in [3.63, 3.8) is 0 Å². The molecule has 0 unspecified atom stereocenters. The van der Waals surface area contributed by atoms with E-state index in [4.69, 9.17) is 25.8 Å². The average Bonchev–Trinajstić information content (AvgIpc) is 2.95. The summed E-state index contributed by atoms with van der Waals surface area (Å²) < 4.78 is 15.5. The molecule has 22 heavy (non-hydrogen) atoms.